The van der Waals surface area contributed by atoms with E-state index in [0.29, 0.717) is 16.1 Å². The molecular weight excluding hydrogens is 449 g/mol. The van der Waals surface area contributed by atoms with Gasteiger partial charge in [-0.3, -0.25) is 4.79 Å². The van der Waals surface area contributed by atoms with Gasteiger partial charge in [-0.1, -0.05) is 11.6 Å². The first-order valence-electron chi connectivity index (χ1n) is 8.98. The monoisotopic (exact) mass is 465 g/mol. The fourth-order valence-corrected chi connectivity index (χ4v) is 4.90. The number of hydrogen-bond acceptors (Lipinski definition) is 7. The summed E-state index contributed by atoms with van der Waals surface area (Å²) in [6.07, 6.45) is 0. The smallest absolute Gasteiger partial charge is 0.311 e. The average Bonchev–Trinajstić information content (AvgIpc) is 3.10. The molecule has 0 aliphatic carbocycles. The first-order valence-corrected chi connectivity index (χ1v) is 11.0. The Morgan fingerprint density at radius 2 is 2.06 bits per heavy atom. The number of anilines is 1. The molecule has 1 atom stereocenters. The van der Waals surface area contributed by atoms with Crippen LogP contribution in [0.2, 0.25) is 5.02 Å². The van der Waals surface area contributed by atoms with Crippen molar-refractivity contribution in [3.63, 3.8) is 0 Å². The minimum absolute atomic E-state index is 0.0331. The number of aliphatic imine (C=N–C) groups is 1. The number of guanidine groups is 1. The van der Waals surface area contributed by atoms with Gasteiger partial charge in [-0.25, -0.2) is 27.1 Å². The summed E-state index contributed by atoms with van der Waals surface area (Å²) >= 11 is 5.91. The fourth-order valence-electron chi connectivity index (χ4n) is 3.29. The Hall–Kier alpha value is -3.18. The third-order valence-corrected chi connectivity index (χ3v) is 7.10. The maximum Gasteiger partial charge on any atom is 0.311 e. The maximum absolute atomic E-state index is 14.6. The van der Waals surface area contributed by atoms with E-state index >= 15 is 0 Å². The van der Waals surface area contributed by atoms with Crippen LogP contribution in [0.25, 0.3) is 11.1 Å². The molecule has 3 aromatic rings. The van der Waals surface area contributed by atoms with Crippen molar-refractivity contribution in [1.29, 1.82) is 0 Å². The van der Waals surface area contributed by atoms with E-state index in [1.54, 1.807) is 18.2 Å². The van der Waals surface area contributed by atoms with Crippen LogP contribution >= 0.6 is 11.6 Å². The third-order valence-electron chi connectivity index (χ3n) is 4.91. The first-order chi connectivity index (χ1) is 14.5. The quantitative estimate of drug-likeness (QED) is 0.611. The summed E-state index contributed by atoms with van der Waals surface area (Å²) in [5, 5.41) is 3.01. The second-order valence-electron chi connectivity index (χ2n) is 7.25. The van der Waals surface area contributed by atoms with Crippen LogP contribution in [0.15, 0.2) is 45.8 Å². The molecule has 0 fully saturated rings. The summed E-state index contributed by atoms with van der Waals surface area (Å²) in [6, 6.07) is 8.49. The number of nitrogens with one attached hydrogen (secondary N) is 1. The Labute approximate surface area is 181 Å². The highest BCUT2D eigenvalue weighted by molar-refractivity contribution is 7.89. The zero-order valence-electron chi connectivity index (χ0n) is 16.4. The van der Waals surface area contributed by atoms with Gasteiger partial charge in [0.05, 0.1) is 5.75 Å². The summed E-state index contributed by atoms with van der Waals surface area (Å²) in [7, 11) is -2.52. The van der Waals surface area contributed by atoms with Crippen LogP contribution in [0.4, 0.5) is 10.1 Å². The largest absolute Gasteiger partial charge is 0.432 e. The van der Waals surface area contributed by atoms with Gasteiger partial charge >= 0.3 is 5.91 Å². The highest BCUT2D eigenvalue weighted by Crippen LogP contribution is 2.35. The molecule has 31 heavy (non-hydrogen) atoms. The maximum atomic E-state index is 14.6. The molecule has 2 heterocycles. The molecule has 12 heteroatoms. The van der Waals surface area contributed by atoms with Crippen molar-refractivity contribution in [2.24, 2.45) is 10.7 Å². The molecule has 9 nitrogen and oxygen atoms in total. The van der Waals surface area contributed by atoms with Crippen LogP contribution in [0.3, 0.4) is 0 Å². The Bertz CT molecular complexity index is 1360. The van der Waals surface area contributed by atoms with Crippen LogP contribution in [0, 0.1) is 5.82 Å². The number of benzene rings is 2. The number of hydrogen-bond donors (Lipinski definition) is 2. The molecular formula is C19H17ClFN5O4S. The summed E-state index contributed by atoms with van der Waals surface area (Å²) in [4.78, 5) is 20.8. The SMILES string of the molecule is CN1C(N)=NC(C)(c2cc(NC(=O)c3nc4cc(Cl)ccc4o3)ccc2F)CS1(=O)=O. The van der Waals surface area contributed by atoms with Crippen molar-refractivity contribution < 1.29 is 22.0 Å². The Kier molecular flexibility index (Phi) is 4.90. The van der Waals surface area contributed by atoms with Crippen molar-refractivity contribution in [2.45, 2.75) is 12.5 Å². The number of halogens is 2. The number of carbonyl (C=O) groups is 1. The number of aromatic nitrogens is 1. The van der Waals surface area contributed by atoms with Gasteiger partial charge < -0.3 is 15.5 Å². The highest BCUT2D eigenvalue weighted by atomic mass is 35.5. The molecule has 3 N–H and O–H groups in total. The number of nitrogens with zero attached hydrogens (tertiary/aromatic N) is 3. The van der Waals surface area contributed by atoms with Crippen molar-refractivity contribution in [1.82, 2.24) is 9.29 Å². The number of fused-ring (bicyclic) bond motifs is 1. The van der Waals surface area contributed by atoms with E-state index in [-0.39, 0.29) is 23.1 Å². The molecule has 1 amide bonds. The Morgan fingerprint density at radius 3 is 2.77 bits per heavy atom. The van der Waals surface area contributed by atoms with Gasteiger partial charge in [0.1, 0.15) is 16.9 Å². The van der Waals surface area contributed by atoms with Crippen LogP contribution < -0.4 is 11.1 Å². The normalized spacial score (nSPS) is 20.5. The molecule has 162 valence electrons. The lowest BCUT2D eigenvalue weighted by atomic mass is 9.93. The lowest BCUT2D eigenvalue weighted by molar-refractivity contribution is 0.0992. The molecule has 0 bridgehead atoms. The predicted octanol–water partition coefficient (Wildman–Crippen LogP) is 2.68. The summed E-state index contributed by atoms with van der Waals surface area (Å²) in [5.41, 5.74) is 5.21. The van der Waals surface area contributed by atoms with Gasteiger partial charge in [0.25, 0.3) is 5.89 Å². The van der Waals surface area contributed by atoms with Gasteiger partial charge in [0.2, 0.25) is 16.0 Å². The summed E-state index contributed by atoms with van der Waals surface area (Å²) < 4.78 is 45.7. The number of sulfonamides is 1. The van der Waals surface area contributed by atoms with Crippen molar-refractivity contribution in [3.8, 4) is 0 Å². The minimum Gasteiger partial charge on any atom is -0.432 e. The second-order valence-corrected chi connectivity index (χ2v) is 9.68. The second kappa shape index (κ2) is 7.20. The van der Waals surface area contributed by atoms with E-state index < -0.39 is 33.0 Å². The zero-order valence-corrected chi connectivity index (χ0v) is 18.0. The highest BCUT2D eigenvalue weighted by Gasteiger charge is 2.41. The Balaban J connectivity index is 1.67. The molecule has 1 unspecified atom stereocenters. The van der Waals surface area contributed by atoms with Crippen LogP contribution in [0.5, 0.6) is 0 Å². The number of carbonyl (C=O) groups excluding carboxylic acids is 1. The first kappa shape index (κ1) is 21.1. The standard InChI is InChI=1S/C19H17ClFN5O4S/c1-19(9-31(28,29)26(2)18(22)25-19)12-8-11(4-5-13(12)21)23-16(27)17-24-14-7-10(20)3-6-15(14)30-17/h3-8H,9H2,1-2H3,(H2,22,25)(H,23,27). The van der Waals surface area contributed by atoms with E-state index in [2.05, 4.69) is 15.3 Å². The van der Waals surface area contributed by atoms with Crippen molar-refractivity contribution in [2.75, 3.05) is 18.1 Å². The summed E-state index contributed by atoms with van der Waals surface area (Å²) in [6.45, 7) is 1.46. The molecule has 0 saturated heterocycles. The third kappa shape index (κ3) is 3.81. The van der Waals surface area contributed by atoms with E-state index in [4.69, 9.17) is 21.8 Å². The fraction of sp³-hybridized carbons (Fsp3) is 0.211. The van der Waals surface area contributed by atoms with Crippen molar-refractivity contribution >= 4 is 50.3 Å². The lowest BCUT2D eigenvalue weighted by Gasteiger charge is -2.34. The topological polar surface area (TPSA) is 131 Å². The lowest BCUT2D eigenvalue weighted by Crippen LogP contribution is -2.50. The van der Waals surface area contributed by atoms with Crippen LogP contribution in [-0.2, 0) is 15.6 Å². The van der Waals surface area contributed by atoms with Gasteiger partial charge in [-0.2, -0.15) is 0 Å². The molecule has 2 aromatic carbocycles. The Morgan fingerprint density at radius 1 is 1.32 bits per heavy atom. The van der Waals surface area contributed by atoms with Crippen molar-refractivity contribution in [3.05, 3.63) is 58.7 Å². The predicted molar refractivity (Wildman–Crippen MR) is 114 cm³/mol. The molecule has 0 radical (unpaired) electrons. The minimum atomic E-state index is -3.79. The van der Waals surface area contributed by atoms with Gasteiger partial charge in [-0.15, -0.1) is 0 Å². The van der Waals surface area contributed by atoms with E-state index in [1.807, 2.05) is 0 Å². The van der Waals surface area contributed by atoms with E-state index in [1.165, 1.54) is 26.1 Å². The summed E-state index contributed by atoms with van der Waals surface area (Å²) in [5.74, 6) is -2.31. The number of rotatable bonds is 3. The van der Waals surface area contributed by atoms with Gasteiger partial charge in [0, 0.05) is 23.3 Å². The number of amides is 1. The van der Waals surface area contributed by atoms with Gasteiger partial charge in [0.15, 0.2) is 5.58 Å². The molecule has 1 aliphatic rings. The molecule has 4 rings (SSSR count). The average molecular weight is 466 g/mol. The van der Waals surface area contributed by atoms with Crippen LogP contribution in [-0.4, -0.2) is 42.4 Å². The zero-order chi connectivity index (χ0) is 22.6. The molecule has 0 saturated carbocycles. The van der Waals surface area contributed by atoms with E-state index in [0.717, 1.165) is 10.4 Å². The number of nitrogens with two attached hydrogens (primary N) is 1. The number of oxazole rings is 1. The molecule has 1 aromatic heterocycles. The van der Waals surface area contributed by atoms with E-state index in [9.17, 15) is 17.6 Å². The molecule has 1 aliphatic heterocycles. The van der Waals surface area contributed by atoms with Gasteiger partial charge in [-0.05, 0) is 43.3 Å². The molecule has 0 spiro atoms. The van der Waals surface area contributed by atoms with Crippen LogP contribution in [0.1, 0.15) is 23.2 Å².